The summed E-state index contributed by atoms with van der Waals surface area (Å²) < 4.78 is 1.18. The smallest absolute Gasteiger partial charge is 0.0133 e. The molecule has 0 fully saturated rings. The molecule has 0 aromatic heterocycles. The highest BCUT2D eigenvalue weighted by molar-refractivity contribution is 14.1. The average Bonchev–Trinajstić information content (AvgIpc) is 1.64. The number of hydrogen-bond acceptors (Lipinski definition) is 0. The van der Waals surface area contributed by atoms with Gasteiger partial charge >= 0.3 is 0 Å². The van der Waals surface area contributed by atoms with E-state index in [1.54, 1.807) is 0 Å². The minimum atomic E-state index is 0.830. The maximum Gasteiger partial charge on any atom is 0.0133 e. The maximum atomic E-state index is 5.45. The molecule has 1 aromatic carbocycles. The van der Waals surface area contributed by atoms with Gasteiger partial charge in [0.15, 0.2) is 0 Å². The molecule has 0 amide bonds. The molecule has 1 rings (SSSR count). The van der Waals surface area contributed by atoms with Crippen LogP contribution in [0.3, 0.4) is 0 Å². The zero-order chi connectivity index (χ0) is 5.98. The minimum Gasteiger partial charge on any atom is -0.0609 e. The molecule has 0 spiro atoms. The first-order chi connectivity index (χ1) is 3.79. The van der Waals surface area contributed by atoms with Gasteiger partial charge in [0.2, 0.25) is 0 Å². The lowest BCUT2D eigenvalue weighted by Gasteiger charge is -1.88. The molecule has 8 heavy (non-hydrogen) atoms. The van der Waals surface area contributed by atoms with Crippen LogP contribution in [0.2, 0.25) is 0 Å². The predicted octanol–water partition coefficient (Wildman–Crippen LogP) is 2.35. The van der Waals surface area contributed by atoms with E-state index in [2.05, 4.69) is 22.6 Å². The molecule has 0 N–H and O–H groups in total. The highest BCUT2D eigenvalue weighted by Crippen LogP contribution is 2.05. The lowest BCUT2D eigenvalue weighted by molar-refractivity contribution is 1.57. The Morgan fingerprint density at radius 2 is 2.12 bits per heavy atom. The van der Waals surface area contributed by atoms with Crippen LogP contribution in [0.15, 0.2) is 24.3 Å². The molecule has 0 aliphatic rings. The largest absolute Gasteiger partial charge is 0.0609 e. The van der Waals surface area contributed by atoms with Crippen LogP contribution in [-0.4, -0.2) is 0 Å². The van der Waals surface area contributed by atoms with E-state index in [1.807, 2.05) is 24.3 Å². The van der Waals surface area contributed by atoms with Gasteiger partial charge in [-0.1, -0.05) is 12.1 Å². The van der Waals surface area contributed by atoms with Crippen molar-refractivity contribution in [1.82, 2.24) is 0 Å². The minimum absolute atomic E-state index is 0.830. The molecule has 0 atom stereocenters. The van der Waals surface area contributed by atoms with Crippen molar-refractivity contribution < 1.29 is 0 Å². The van der Waals surface area contributed by atoms with Crippen LogP contribution in [0.25, 0.3) is 0 Å². The molecular weight excluding hydrogens is 211 g/mol. The zero-order valence-corrected chi connectivity index (χ0v) is 6.42. The summed E-state index contributed by atoms with van der Waals surface area (Å²) in [5.74, 6) is 0. The Balaban J connectivity index is 3.08. The molecule has 0 nitrogen and oxygen atoms in total. The SMILES string of the molecule is [CH]c1cccc(I)c1. The van der Waals surface area contributed by atoms with Gasteiger partial charge in [-0.2, -0.15) is 0 Å². The summed E-state index contributed by atoms with van der Waals surface area (Å²) in [4.78, 5) is 0. The third-order valence-corrected chi connectivity index (χ3v) is 1.52. The fourth-order valence-corrected chi connectivity index (χ4v) is 1.07. The van der Waals surface area contributed by atoms with Gasteiger partial charge in [-0.25, -0.2) is 0 Å². The van der Waals surface area contributed by atoms with Gasteiger partial charge in [0.05, 0.1) is 0 Å². The van der Waals surface area contributed by atoms with E-state index in [9.17, 15) is 0 Å². The summed E-state index contributed by atoms with van der Waals surface area (Å²) in [6, 6.07) is 7.76. The Morgan fingerprint density at radius 1 is 1.38 bits per heavy atom. The van der Waals surface area contributed by atoms with E-state index in [0.29, 0.717) is 0 Å². The number of rotatable bonds is 0. The van der Waals surface area contributed by atoms with Crippen LogP contribution in [0, 0.1) is 10.5 Å². The molecule has 0 heterocycles. The summed E-state index contributed by atoms with van der Waals surface area (Å²) in [7, 11) is 0. The van der Waals surface area contributed by atoms with Crippen LogP contribution in [0.5, 0.6) is 0 Å². The molecule has 0 unspecified atom stereocenters. The molecule has 0 saturated carbocycles. The fraction of sp³-hybridized carbons (Fsp3) is 0. The fourth-order valence-electron chi connectivity index (χ4n) is 0.507. The summed E-state index contributed by atoms with van der Waals surface area (Å²) in [5, 5.41) is 0. The first-order valence-electron chi connectivity index (χ1n) is 2.30. The Morgan fingerprint density at radius 3 is 2.50 bits per heavy atom. The molecule has 0 saturated heterocycles. The molecule has 1 heteroatoms. The molecule has 40 valence electrons. The normalized spacial score (nSPS) is 9.25. The molecule has 0 bridgehead atoms. The van der Waals surface area contributed by atoms with Gasteiger partial charge in [-0.05, 0) is 47.2 Å². The van der Waals surface area contributed by atoms with Crippen molar-refractivity contribution in [3.63, 3.8) is 0 Å². The molecule has 0 aliphatic heterocycles. The first-order valence-corrected chi connectivity index (χ1v) is 3.38. The van der Waals surface area contributed by atoms with Gasteiger partial charge < -0.3 is 0 Å². The van der Waals surface area contributed by atoms with Crippen molar-refractivity contribution in [2.24, 2.45) is 0 Å². The van der Waals surface area contributed by atoms with E-state index >= 15 is 0 Å². The summed E-state index contributed by atoms with van der Waals surface area (Å²) in [6.07, 6.45) is 0. The van der Waals surface area contributed by atoms with Crippen LogP contribution >= 0.6 is 22.6 Å². The number of halogens is 1. The topological polar surface area (TPSA) is 0 Å². The van der Waals surface area contributed by atoms with Crippen molar-refractivity contribution >= 4 is 22.6 Å². The number of benzene rings is 1. The summed E-state index contributed by atoms with van der Waals surface area (Å²) in [5.41, 5.74) is 0.830. The second-order valence-electron chi connectivity index (χ2n) is 1.56. The Labute approximate surface area is 63.1 Å². The Bertz CT molecular complexity index is 164. The molecular formula is C7H5I. The lowest BCUT2D eigenvalue weighted by Crippen LogP contribution is -1.70. The second kappa shape index (κ2) is 2.49. The third-order valence-electron chi connectivity index (χ3n) is 0.849. The van der Waals surface area contributed by atoms with Crippen LogP contribution < -0.4 is 0 Å². The Hall–Kier alpha value is -0.0500. The van der Waals surface area contributed by atoms with Gasteiger partial charge in [-0.15, -0.1) is 0 Å². The number of hydrogen-bond donors (Lipinski definition) is 0. The van der Waals surface area contributed by atoms with Crippen LogP contribution in [0.4, 0.5) is 0 Å². The van der Waals surface area contributed by atoms with E-state index in [-0.39, 0.29) is 0 Å². The van der Waals surface area contributed by atoms with Crippen molar-refractivity contribution in [2.75, 3.05) is 0 Å². The standard InChI is InChI=1S/C7H5I/c1-6-3-2-4-7(8)5-6/h1-5H. The van der Waals surface area contributed by atoms with Gasteiger partial charge in [0.25, 0.3) is 0 Å². The third kappa shape index (κ3) is 1.47. The highest BCUT2D eigenvalue weighted by Gasteiger charge is 1.82. The maximum absolute atomic E-state index is 5.45. The molecule has 1 aromatic rings. The first kappa shape index (κ1) is 6.08. The average molecular weight is 216 g/mol. The van der Waals surface area contributed by atoms with Crippen molar-refractivity contribution in [3.05, 3.63) is 40.3 Å². The van der Waals surface area contributed by atoms with Gasteiger partial charge in [-0.3, -0.25) is 0 Å². The van der Waals surface area contributed by atoms with E-state index in [1.165, 1.54) is 3.57 Å². The summed E-state index contributed by atoms with van der Waals surface area (Å²) >= 11 is 2.23. The molecule has 0 aliphatic carbocycles. The highest BCUT2D eigenvalue weighted by atomic mass is 127. The lowest BCUT2D eigenvalue weighted by atomic mass is 10.2. The zero-order valence-electron chi connectivity index (χ0n) is 4.26. The second-order valence-corrected chi connectivity index (χ2v) is 2.80. The van der Waals surface area contributed by atoms with E-state index in [4.69, 9.17) is 6.92 Å². The van der Waals surface area contributed by atoms with Crippen molar-refractivity contribution in [2.45, 2.75) is 0 Å². The van der Waals surface area contributed by atoms with Crippen LogP contribution in [0.1, 0.15) is 5.56 Å². The molecule has 2 radical (unpaired) electrons. The van der Waals surface area contributed by atoms with Crippen molar-refractivity contribution in [3.8, 4) is 0 Å². The quantitative estimate of drug-likeness (QED) is 0.584. The predicted molar refractivity (Wildman–Crippen MR) is 42.6 cm³/mol. The van der Waals surface area contributed by atoms with Crippen LogP contribution in [-0.2, 0) is 0 Å². The Kier molecular flexibility index (Phi) is 1.89. The van der Waals surface area contributed by atoms with Gasteiger partial charge in [0.1, 0.15) is 0 Å². The van der Waals surface area contributed by atoms with Crippen molar-refractivity contribution in [1.29, 1.82) is 0 Å². The van der Waals surface area contributed by atoms with E-state index < -0.39 is 0 Å². The summed E-state index contributed by atoms with van der Waals surface area (Å²) in [6.45, 7) is 5.45. The van der Waals surface area contributed by atoms with E-state index in [0.717, 1.165) is 5.56 Å². The van der Waals surface area contributed by atoms with Gasteiger partial charge in [0, 0.05) is 3.57 Å². The monoisotopic (exact) mass is 216 g/mol.